The molecule has 2 aromatic rings. The van der Waals surface area contributed by atoms with Crippen LogP contribution in [0.2, 0.25) is 0 Å². The lowest BCUT2D eigenvalue weighted by molar-refractivity contribution is -0.113. The van der Waals surface area contributed by atoms with Crippen LogP contribution in [0.4, 0.5) is 0 Å². The zero-order valence-corrected chi connectivity index (χ0v) is 36.7. The fourth-order valence-corrected chi connectivity index (χ4v) is 3.41. The average molecular weight is 694 g/mol. The van der Waals surface area contributed by atoms with E-state index in [2.05, 4.69) is 116 Å². The molecule has 1 fully saturated rings. The Morgan fingerprint density at radius 1 is 0.840 bits per heavy atom. The van der Waals surface area contributed by atoms with E-state index in [1.807, 2.05) is 76.2 Å². The molecule has 2 nitrogen and oxygen atoms in total. The lowest BCUT2D eigenvalue weighted by atomic mass is 9.81. The van der Waals surface area contributed by atoms with Crippen molar-refractivity contribution in [2.24, 2.45) is 23.0 Å². The van der Waals surface area contributed by atoms with Crippen molar-refractivity contribution < 1.29 is 4.79 Å². The minimum Gasteiger partial charge on any atom is -0.402 e. The average Bonchev–Trinajstić information content (AvgIpc) is 3.08. The van der Waals surface area contributed by atoms with Gasteiger partial charge in [0.1, 0.15) is 6.29 Å². The van der Waals surface area contributed by atoms with Crippen molar-refractivity contribution in [2.45, 2.75) is 163 Å². The highest BCUT2D eigenvalue weighted by Crippen LogP contribution is 2.35. The first kappa shape index (κ1) is 59.0. The minimum absolute atomic E-state index is 0.139. The first-order valence-corrected chi connectivity index (χ1v) is 19.3. The molecular formula is C48H87NO. The highest BCUT2D eigenvalue weighted by atomic mass is 16.1. The molecule has 0 heterocycles. The number of rotatable bonds is 4. The predicted molar refractivity (Wildman–Crippen MR) is 236 cm³/mol. The molecule has 2 N–H and O–H groups in total. The quantitative estimate of drug-likeness (QED) is 0.256. The Kier molecular flexibility index (Phi) is 49.6. The summed E-state index contributed by atoms with van der Waals surface area (Å²) in [5.74, 6) is 1.17. The zero-order chi connectivity index (χ0) is 40.7. The van der Waals surface area contributed by atoms with Gasteiger partial charge in [0, 0.05) is 11.1 Å². The van der Waals surface area contributed by atoms with E-state index in [1.165, 1.54) is 71.9 Å². The van der Waals surface area contributed by atoms with Crippen LogP contribution in [0.5, 0.6) is 0 Å². The predicted octanol–water partition coefficient (Wildman–Crippen LogP) is 15.9. The van der Waals surface area contributed by atoms with E-state index < -0.39 is 0 Å². The van der Waals surface area contributed by atoms with Crippen molar-refractivity contribution in [1.82, 2.24) is 0 Å². The van der Waals surface area contributed by atoms with Gasteiger partial charge in [0.05, 0.1) is 0 Å². The second-order valence-electron chi connectivity index (χ2n) is 13.5. The van der Waals surface area contributed by atoms with Crippen molar-refractivity contribution in [1.29, 1.82) is 0 Å². The van der Waals surface area contributed by atoms with Gasteiger partial charge in [-0.15, -0.1) is 13.2 Å². The number of hydrogen-bond acceptors (Lipinski definition) is 2. The molecule has 0 atom stereocenters. The molecule has 0 radical (unpaired) electrons. The standard InChI is InChI=1S/C15H20.C8H10.C5H11N.C5H10O.C5H10.C3H8.C3H6.2C2H6/c1-12-8-6-7-11-15(12)13(2)14-9-4-3-5-10-14;1-7-4-3-5-8(2)6-7;1-4(2)5(3)6;1-5(2,3)4-6;1-4-5(2)3;2*1-3-2;2*1-2/h6-8,11,14H,2-5,9-10H2,1H3;3-6H,1-2H3;4H,3,6H2,1-2H3;4H,1-3H3;2,4H2,1,3H3;3H2,1-2H3;3H,1H2,2H3;2*1-2H3. The molecule has 1 aliphatic carbocycles. The third kappa shape index (κ3) is 47.0. The van der Waals surface area contributed by atoms with Gasteiger partial charge in [-0.05, 0) is 82.4 Å². The van der Waals surface area contributed by atoms with Gasteiger partial charge in [0.2, 0.25) is 0 Å². The number of allylic oxidation sites excluding steroid dienone is 4. The van der Waals surface area contributed by atoms with Crippen LogP contribution >= 0.6 is 0 Å². The number of hydrogen-bond donors (Lipinski definition) is 1. The van der Waals surface area contributed by atoms with Crippen LogP contribution in [0.25, 0.3) is 5.57 Å². The highest BCUT2D eigenvalue weighted by Gasteiger charge is 2.18. The molecule has 0 spiro atoms. The van der Waals surface area contributed by atoms with E-state index in [9.17, 15) is 4.79 Å². The molecule has 2 aromatic carbocycles. The molecule has 0 amide bonds. The summed E-state index contributed by atoms with van der Waals surface area (Å²) in [5, 5.41) is 0. The maximum Gasteiger partial charge on any atom is 0.125 e. The van der Waals surface area contributed by atoms with Gasteiger partial charge < -0.3 is 10.5 Å². The lowest BCUT2D eigenvalue weighted by Crippen LogP contribution is -2.08. The minimum atomic E-state index is -0.139. The molecule has 3 rings (SSSR count). The summed E-state index contributed by atoms with van der Waals surface area (Å²) in [6.07, 6.45) is 11.9. The number of carbonyl (C=O) groups excluding carboxylic acids is 1. The molecular weight excluding hydrogens is 607 g/mol. The lowest BCUT2D eigenvalue weighted by Gasteiger charge is -2.24. The van der Waals surface area contributed by atoms with Crippen molar-refractivity contribution in [3.63, 3.8) is 0 Å². The monoisotopic (exact) mass is 694 g/mol. The van der Waals surface area contributed by atoms with Crippen LogP contribution in [0.3, 0.4) is 0 Å². The van der Waals surface area contributed by atoms with Crippen molar-refractivity contribution in [3.05, 3.63) is 114 Å². The van der Waals surface area contributed by atoms with E-state index in [0.29, 0.717) is 5.92 Å². The molecule has 0 unspecified atom stereocenters. The largest absolute Gasteiger partial charge is 0.402 e. The van der Waals surface area contributed by atoms with Gasteiger partial charge in [-0.1, -0.05) is 193 Å². The first-order chi connectivity index (χ1) is 23.4. The SMILES string of the molecule is C=C(C)CC.C=C(N)C(C)C.C=C(c1ccccc1C)C1CCCCC1.C=CC.CC.CC.CC(C)(C)C=O.CCC.Cc1cccc(C)c1. The summed E-state index contributed by atoms with van der Waals surface area (Å²) >= 11 is 0. The smallest absolute Gasteiger partial charge is 0.125 e. The Morgan fingerprint density at radius 3 is 1.42 bits per heavy atom. The Hall–Kier alpha value is -3.13. The van der Waals surface area contributed by atoms with Gasteiger partial charge >= 0.3 is 0 Å². The molecule has 50 heavy (non-hydrogen) atoms. The van der Waals surface area contributed by atoms with Gasteiger partial charge in [-0.2, -0.15) is 0 Å². The van der Waals surface area contributed by atoms with Crippen molar-refractivity contribution >= 4 is 11.9 Å². The van der Waals surface area contributed by atoms with Gasteiger partial charge in [-0.3, -0.25) is 0 Å². The highest BCUT2D eigenvalue weighted by molar-refractivity contribution is 5.67. The van der Waals surface area contributed by atoms with Gasteiger partial charge in [0.15, 0.2) is 0 Å². The fourth-order valence-electron chi connectivity index (χ4n) is 3.41. The molecule has 1 saturated carbocycles. The van der Waals surface area contributed by atoms with E-state index >= 15 is 0 Å². The Labute approximate surface area is 315 Å². The second-order valence-corrected chi connectivity index (χ2v) is 13.5. The topological polar surface area (TPSA) is 43.1 Å². The van der Waals surface area contributed by atoms with Crippen LogP contribution in [0.1, 0.15) is 164 Å². The van der Waals surface area contributed by atoms with E-state index in [0.717, 1.165) is 24.3 Å². The molecule has 2 heteroatoms. The molecule has 290 valence electrons. The summed E-state index contributed by atoms with van der Waals surface area (Å²) in [4.78, 5) is 9.83. The molecule has 0 bridgehead atoms. The van der Waals surface area contributed by atoms with E-state index in [-0.39, 0.29) is 5.41 Å². The maximum atomic E-state index is 9.83. The number of carbonyl (C=O) groups is 1. The van der Waals surface area contributed by atoms with Gasteiger partial charge in [0.25, 0.3) is 0 Å². The normalized spacial score (nSPS) is 10.8. The number of aryl methyl sites for hydroxylation is 3. The number of benzene rings is 2. The van der Waals surface area contributed by atoms with E-state index in [1.54, 1.807) is 6.08 Å². The zero-order valence-electron chi connectivity index (χ0n) is 36.7. The van der Waals surface area contributed by atoms with Crippen LogP contribution in [0.15, 0.2) is 92.2 Å². The summed E-state index contributed by atoms with van der Waals surface area (Å²) < 4.78 is 0. The second kappa shape index (κ2) is 42.0. The van der Waals surface area contributed by atoms with Crippen LogP contribution in [-0.2, 0) is 4.79 Å². The molecule has 0 aromatic heterocycles. The van der Waals surface area contributed by atoms with Crippen molar-refractivity contribution in [2.75, 3.05) is 0 Å². The third-order valence-corrected chi connectivity index (χ3v) is 6.46. The molecule has 0 saturated heterocycles. The third-order valence-electron chi connectivity index (χ3n) is 6.46. The number of nitrogens with two attached hydrogens (primary N) is 1. The summed E-state index contributed by atoms with van der Waals surface area (Å²) in [6.45, 7) is 49.2. The van der Waals surface area contributed by atoms with Crippen LogP contribution in [0, 0.1) is 38.0 Å². The fraction of sp³-hybridized carbons (Fsp3) is 0.562. The van der Waals surface area contributed by atoms with Gasteiger partial charge in [-0.25, -0.2) is 0 Å². The Balaban J connectivity index is -0.000000120. The van der Waals surface area contributed by atoms with Crippen LogP contribution in [-0.4, -0.2) is 6.29 Å². The molecule has 0 aliphatic heterocycles. The first-order valence-electron chi connectivity index (χ1n) is 19.3. The summed E-state index contributed by atoms with van der Waals surface area (Å²) in [5.41, 5.74) is 13.9. The molecule has 1 aliphatic rings. The maximum absolute atomic E-state index is 9.83. The Bertz CT molecular complexity index is 1040. The van der Waals surface area contributed by atoms with Crippen LogP contribution < -0.4 is 5.73 Å². The summed E-state index contributed by atoms with van der Waals surface area (Å²) in [6, 6.07) is 17.1. The number of aldehydes is 1. The van der Waals surface area contributed by atoms with E-state index in [4.69, 9.17) is 5.73 Å². The van der Waals surface area contributed by atoms with Crippen molar-refractivity contribution in [3.8, 4) is 0 Å². The Morgan fingerprint density at radius 2 is 1.18 bits per heavy atom. The summed E-state index contributed by atoms with van der Waals surface area (Å²) in [7, 11) is 0.